The first-order valence-electron chi connectivity index (χ1n) is 9.46. The maximum absolute atomic E-state index is 13.2. The molecule has 31 heavy (non-hydrogen) atoms. The molecule has 0 spiro atoms. The summed E-state index contributed by atoms with van der Waals surface area (Å²) < 4.78 is 3.23. The van der Waals surface area contributed by atoms with Crippen LogP contribution >= 0.6 is 43.6 Å². The molecule has 8 nitrogen and oxygen atoms in total. The van der Waals surface area contributed by atoms with E-state index in [0.717, 1.165) is 14.6 Å². The minimum atomic E-state index is -0.311. The number of hydrogen-bond donors (Lipinski definition) is 2. The summed E-state index contributed by atoms with van der Waals surface area (Å²) in [6.45, 7) is 0.524. The van der Waals surface area contributed by atoms with Crippen molar-refractivity contribution in [3.05, 3.63) is 73.7 Å². The van der Waals surface area contributed by atoms with Gasteiger partial charge < -0.3 is 0 Å². The van der Waals surface area contributed by atoms with Crippen molar-refractivity contribution in [2.75, 3.05) is 11.4 Å². The van der Waals surface area contributed by atoms with Crippen LogP contribution in [0.2, 0.25) is 0 Å². The van der Waals surface area contributed by atoms with Crippen molar-refractivity contribution in [3.8, 4) is 0 Å². The number of nitrogens with one attached hydrogen (secondary N) is 2. The van der Waals surface area contributed by atoms with Crippen LogP contribution in [0, 0.1) is 5.92 Å². The molecule has 2 N–H and O–H groups in total. The van der Waals surface area contributed by atoms with Gasteiger partial charge in [0.1, 0.15) is 11.8 Å². The highest BCUT2D eigenvalue weighted by atomic mass is 79.9. The van der Waals surface area contributed by atoms with Gasteiger partial charge in [-0.2, -0.15) is 0 Å². The number of carbonyl (C=O) groups excluding carboxylic acids is 1. The first-order chi connectivity index (χ1) is 15.0. The average molecular weight is 564 g/mol. The second-order valence-electron chi connectivity index (χ2n) is 7.09. The molecule has 1 fully saturated rings. The van der Waals surface area contributed by atoms with Crippen molar-refractivity contribution in [2.24, 2.45) is 10.9 Å². The average Bonchev–Trinajstić information content (AvgIpc) is 3.23. The Morgan fingerprint density at radius 1 is 1.10 bits per heavy atom. The quantitative estimate of drug-likeness (QED) is 0.509. The van der Waals surface area contributed by atoms with Crippen LogP contribution in [0.5, 0.6) is 0 Å². The number of rotatable bonds is 3. The summed E-state index contributed by atoms with van der Waals surface area (Å²) in [6.07, 6.45) is 1.38. The summed E-state index contributed by atoms with van der Waals surface area (Å²) >= 11 is 8.19. The molecule has 2 aliphatic heterocycles. The molecule has 2 unspecified atom stereocenters. The van der Waals surface area contributed by atoms with E-state index < -0.39 is 0 Å². The molecule has 2 aliphatic rings. The van der Waals surface area contributed by atoms with Crippen molar-refractivity contribution >= 4 is 66.0 Å². The van der Waals surface area contributed by atoms with E-state index in [1.807, 2.05) is 30.3 Å². The number of benzene rings is 1. The monoisotopic (exact) mass is 562 g/mol. The molecule has 4 heterocycles. The van der Waals surface area contributed by atoms with Crippen LogP contribution in [-0.2, 0) is 10.5 Å². The molecule has 1 saturated heterocycles. The van der Waals surface area contributed by atoms with Crippen molar-refractivity contribution < 1.29 is 4.79 Å². The normalized spacial score (nSPS) is 20.8. The van der Waals surface area contributed by atoms with Gasteiger partial charge in [-0.3, -0.25) is 24.3 Å². The van der Waals surface area contributed by atoms with E-state index in [0.29, 0.717) is 28.8 Å². The third-order valence-corrected chi connectivity index (χ3v) is 7.03. The number of anilines is 1. The van der Waals surface area contributed by atoms with E-state index in [4.69, 9.17) is 4.99 Å². The third kappa shape index (κ3) is 4.08. The highest BCUT2D eigenvalue weighted by molar-refractivity contribution is 9.10. The van der Waals surface area contributed by atoms with Crippen LogP contribution in [0.1, 0.15) is 5.69 Å². The van der Waals surface area contributed by atoms with Crippen LogP contribution in [0.3, 0.4) is 0 Å². The fourth-order valence-electron chi connectivity index (χ4n) is 3.54. The number of pyridine rings is 1. The maximum Gasteiger partial charge on any atom is 0.258 e. The van der Waals surface area contributed by atoms with E-state index in [-0.39, 0.29) is 23.6 Å². The molecule has 2 aromatic heterocycles. The number of fused-ring (bicyclic) bond motifs is 2. The number of amides is 1. The fraction of sp³-hybridized carbons (Fsp3) is 0.200. The first-order valence-corrected chi connectivity index (χ1v) is 12.0. The van der Waals surface area contributed by atoms with Crippen LogP contribution in [0.15, 0.2) is 67.4 Å². The number of hydrogen-bond acceptors (Lipinski definition) is 7. The predicted molar refractivity (Wildman–Crippen MR) is 128 cm³/mol. The largest absolute Gasteiger partial charge is 0.274 e. The van der Waals surface area contributed by atoms with E-state index >= 15 is 0 Å². The van der Waals surface area contributed by atoms with Gasteiger partial charge in [0.05, 0.1) is 17.3 Å². The van der Waals surface area contributed by atoms with E-state index in [9.17, 15) is 9.59 Å². The van der Waals surface area contributed by atoms with E-state index in [1.54, 1.807) is 17.2 Å². The third-order valence-electron chi connectivity index (χ3n) is 5.04. The van der Waals surface area contributed by atoms with Gasteiger partial charge in [0.15, 0.2) is 5.17 Å². The second kappa shape index (κ2) is 8.47. The summed E-state index contributed by atoms with van der Waals surface area (Å²) in [5, 5.41) is 0.572. The number of aromatic nitrogens is 2. The van der Waals surface area contributed by atoms with Crippen molar-refractivity contribution in [1.29, 1.82) is 0 Å². The molecule has 5 rings (SSSR count). The lowest BCUT2D eigenvalue weighted by molar-refractivity contribution is -0.121. The summed E-state index contributed by atoms with van der Waals surface area (Å²) in [7, 11) is 0. The number of aliphatic imine (C=N–C) groups is 1. The number of halogens is 2. The van der Waals surface area contributed by atoms with Crippen molar-refractivity contribution in [3.63, 3.8) is 0 Å². The number of thioether (sulfide) groups is 1. The Morgan fingerprint density at radius 3 is 2.68 bits per heavy atom. The number of amidine groups is 1. The van der Waals surface area contributed by atoms with Gasteiger partial charge in [-0.15, -0.1) is 0 Å². The number of carbonyl (C=O) groups is 1. The predicted octanol–water partition coefficient (Wildman–Crippen LogP) is 2.91. The van der Waals surface area contributed by atoms with Crippen LogP contribution in [0.25, 0.3) is 5.65 Å². The van der Waals surface area contributed by atoms with Crippen molar-refractivity contribution in [1.82, 2.24) is 20.2 Å². The Balaban J connectivity index is 1.46. The highest BCUT2D eigenvalue weighted by Gasteiger charge is 2.42. The minimum Gasteiger partial charge on any atom is -0.274 e. The lowest BCUT2D eigenvalue weighted by Crippen LogP contribution is -2.49. The lowest BCUT2D eigenvalue weighted by Gasteiger charge is -2.32. The molecular formula is C20H16Br2N6O2S. The van der Waals surface area contributed by atoms with Gasteiger partial charge in [0, 0.05) is 33.5 Å². The molecule has 0 aliphatic carbocycles. The summed E-state index contributed by atoms with van der Waals surface area (Å²) in [4.78, 5) is 36.7. The molecule has 0 bridgehead atoms. The van der Waals surface area contributed by atoms with Crippen LogP contribution < -0.4 is 21.3 Å². The Morgan fingerprint density at radius 2 is 1.87 bits per heavy atom. The Kier molecular flexibility index (Phi) is 5.69. The molecule has 2 atom stereocenters. The zero-order valence-electron chi connectivity index (χ0n) is 16.0. The van der Waals surface area contributed by atoms with Gasteiger partial charge in [-0.1, -0.05) is 27.7 Å². The molecule has 158 valence electrons. The Labute approximate surface area is 198 Å². The lowest BCUT2D eigenvalue weighted by atomic mass is 10.0. The molecule has 1 aromatic carbocycles. The van der Waals surface area contributed by atoms with Gasteiger partial charge in [-0.05, 0) is 52.3 Å². The SMILES string of the molecule is O=C1C2CNNC2N=C(SCc2cc(=O)n3cc(Br)ccc3n2)N1c1ccc(Br)cc1. The minimum absolute atomic E-state index is 0.0151. The molecule has 11 heteroatoms. The molecule has 0 radical (unpaired) electrons. The van der Waals surface area contributed by atoms with Gasteiger partial charge in [-0.25, -0.2) is 15.4 Å². The highest BCUT2D eigenvalue weighted by Crippen LogP contribution is 2.31. The topological polar surface area (TPSA) is 91.1 Å². The van der Waals surface area contributed by atoms with E-state index in [1.165, 1.54) is 22.2 Å². The number of hydrazine groups is 1. The Hall–Kier alpha value is -2.05. The fourth-order valence-corrected chi connectivity index (χ4v) is 5.07. The van der Waals surface area contributed by atoms with Crippen LogP contribution in [0.4, 0.5) is 5.69 Å². The molecular weight excluding hydrogens is 548 g/mol. The van der Waals surface area contributed by atoms with E-state index in [2.05, 4.69) is 47.7 Å². The second-order valence-corrected chi connectivity index (χ2v) is 9.86. The van der Waals surface area contributed by atoms with Crippen molar-refractivity contribution in [2.45, 2.75) is 11.9 Å². The summed E-state index contributed by atoms with van der Waals surface area (Å²) in [5.41, 5.74) is 7.87. The molecule has 1 amide bonds. The molecule has 0 saturated carbocycles. The zero-order chi connectivity index (χ0) is 21.5. The van der Waals surface area contributed by atoms with Gasteiger partial charge >= 0.3 is 0 Å². The van der Waals surface area contributed by atoms with Gasteiger partial charge in [0.25, 0.3) is 5.56 Å². The summed E-state index contributed by atoms with van der Waals surface area (Å²) in [5.74, 6) is 0.125. The number of nitrogens with zero attached hydrogens (tertiary/aromatic N) is 4. The Bertz CT molecular complexity index is 1260. The zero-order valence-corrected chi connectivity index (χ0v) is 19.9. The summed E-state index contributed by atoms with van der Waals surface area (Å²) in [6, 6.07) is 12.7. The smallest absolute Gasteiger partial charge is 0.258 e. The molecule has 3 aromatic rings. The standard InChI is InChI=1S/C20H16Br2N6O2S/c21-11-1-4-14(5-2-11)28-19(30)15-8-23-26-18(15)25-20(28)31-10-13-7-17(29)27-9-12(22)3-6-16(27)24-13/h1-7,9,15,18,23,26H,8,10H2. The van der Waals surface area contributed by atoms with Gasteiger partial charge in [0.2, 0.25) is 5.91 Å². The van der Waals surface area contributed by atoms with Crippen LogP contribution in [-0.4, -0.2) is 33.2 Å². The first kappa shape index (κ1) is 20.8. The maximum atomic E-state index is 13.2.